The van der Waals surface area contributed by atoms with Gasteiger partial charge in [-0.25, -0.2) is 0 Å². The van der Waals surface area contributed by atoms with Crippen molar-refractivity contribution < 1.29 is 9.72 Å². The number of non-ortho nitro benzene ring substituents is 1. The normalized spacial score (nSPS) is 10.5. The van der Waals surface area contributed by atoms with Crippen molar-refractivity contribution in [1.29, 1.82) is 0 Å². The van der Waals surface area contributed by atoms with E-state index < -0.39 is 4.92 Å². The van der Waals surface area contributed by atoms with Gasteiger partial charge in [-0.3, -0.25) is 14.9 Å². The molecule has 2 aromatic rings. The second-order valence-corrected chi connectivity index (χ2v) is 5.43. The quantitative estimate of drug-likeness (QED) is 0.672. The molecule has 0 bridgehead atoms. The van der Waals surface area contributed by atoms with E-state index in [1.807, 2.05) is 24.3 Å². The molecule has 0 aromatic heterocycles. The largest absolute Gasteiger partial charge is 0.326 e. The number of hydrogen-bond acceptors (Lipinski definition) is 3. The number of rotatable bonds is 5. The molecule has 0 saturated heterocycles. The first-order chi connectivity index (χ1) is 10.5. The fraction of sp³-hybridized carbons (Fsp3) is 0.235. The molecule has 0 radical (unpaired) electrons. The molecule has 0 heterocycles. The summed E-state index contributed by atoms with van der Waals surface area (Å²) in [4.78, 5) is 22.2. The number of anilines is 1. The average molecular weight is 298 g/mol. The van der Waals surface area contributed by atoms with E-state index in [9.17, 15) is 14.9 Å². The van der Waals surface area contributed by atoms with Gasteiger partial charge in [0.2, 0.25) is 5.91 Å². The van der Waals surface area contributed by atoms with Crippen molar-refractivity contribution in [3.63, 3.8) is 0 Å². The lowest BCUT2D eigenvalue weighted by atomic mass is 10.0. The molecule has 22 heavy (non-hydrogen) atoms. The molecule has 0 aliphatic heterocycles. The zero-order valence-electron chi connectivity index (χ0n) is 12.6. The molecule has 5 nitrogen and oxygen atoms in total. The molecule has 0 atom stereocenters. The first kappa shape index (κ1) is 15.7. The summed E-state index contributed by atoms with van der Waals surface area (Å²) in [6.45, 7) is 4.19. The molecule has 2 rings (SSSR count). The van der Waals surface area contributed by atoms with Crippen LogP contribution in [-0.4, -0.2) is 10.8 Å². The van der Waals surface area contributed by atoms with Crippen molar-refractivity contribution in [3.05, 3.63) is 69.8 Å². The van der Waals surface area contributed by atoms with Gasteiger partial charge in [0.1, 0.15) is 0 Å². The minimum Gasteiger partial charge on any atom is -0.326 e. The molecule has 0 unspecified atom stereocenters. The van der Waals surface area contributed by atoms with Crippen LogP contribution in [0, 0.1) is 10.1 Å². The molecule has 2 aromatic carbocycles. The van der Waals surface area contributed by atoms with Gasteiger partial charge in [0, 0.05) is 17.8 Å². The van der Waals surface area contributed by atoms with Crippen LogP contribution in [0.3, 0.4) is 0 Å². The van der Waals surface area contributed by atoms with Gasteiger partial charge >= 0.3 is 0 Å². The van der Waals surface area contributed by atoms with E-state index in [1.54, 1.807) is 12.1 Å². The van der Waals surface area contributed by atoms with Gasteiger partial charge in [0.15, 0.2) is 0 Å². The summed E-state index contributed by atoms with van der Waals surface area (Å²) in [6, 6.07) is 13.7. The number of benzene rings is 2. The number of nitro benzene ring substituents is 1. The van der Waals surface area contributed by atoms with E-state index in [1.165, 1.54) is 12.1 Å². The Balaban J connectivity index is 2.00. The lowest BCUT2D eigenvalue weighted by Crippen LogP contribution is -2.14. The Bertz CT molecular complexity index is 679. The molecule has 5 heteroatoms. The second-order valence-electron chi connectivity index (χ2n) is 5.43. The number of hydrogen-bond donors (Lipinski definition) is 1. The van der Waals surface area contributed by atoms with Crippen LogP contribution in [0.4, 0.5) is 11.4 Å². The summed E-state index contributed by atoms with van der Waals surface area (Å²) in [5.74, 6) is 0.251. The first-order valence-electron chi connectivity index (χ1n) is 7.09. The van der Waals surface area contributed by atoms with Crippen LogP contribution in [0.2, 0.25) is 0 Å². The van der Waals surface area contributed by atoms with Crippen molar-refractivity contribution in [1.82, 2.24) is 0 Å². The fourth-order valence-electron chi connectivity index (χ4n) is 2.10. The smallest absolute Gasteiger partial charge is 0.269 e. The third-order valence-corrected chi connectivity index (χ3v) is 3.35. The Morgan fingerprint density at radius 1 is 1.18 bits per heavy atom. The SMILES string of the molecule is CC(C)c1cccc(NC(=O)Cc2ccc([N+](=O)[O-])cc2)c1. The van der Waals surface area contributed by atoms with Crippen LogP contribution >= 0.6 is 0 Å². The highest BCUT2D eigenvalue weighted by atomic mass is 16.6. The van der Waals surface area contributed by atoms with E-state index >= 15 is 0 Å². The maximum absolute atomic E-state index is 12.0. The summed E-state index contributed by atoms with van der Waals surface area (Å²) in [7, 11) is 0. The topological polar surface area (TPSA) is 72.2 Å². The number of carbonyl (C=O) groups excluding carboxylic acids is 1. The summed E-state index contributed by atoms with van der Waals surface area (Å²) >= 11 is 0. The summed E-state index contributed by atoms with van der Waals surface area (Å²) < 4.78 is 0. The number of nitrogens with one attached hydrogen (secondary N) is 1. The van der Waals surface area contributed by atoms with Crippen LogP contribution in [0.25, 0.3) is 0 Å². The zero-order valence-corrected chi connectivity index (χ0v) is 12.6. The van der Waals surface area contributed by atoms with Crippen LogP contribution in [0.15, 0.2) is 48.5 Å². The number of carbonyl (C=O) groups is 1. The Labute approximate surface area is 129 Å². The van der Waals surface area contributed by atoms with E-state index in [-0.39, 0.29) is 18.0 Å². The number of nitro groups is 1. The Hall–Kier alpha value is -2.69. The lowest BCUT2D eigenvalue weighted by Gasteiger charge is -2.09. The summed E-state index contributed by atoms with van der Waals surface area (Å²) in [6.07, 6.45) is 0.184. The Morgan fingerprint density at radius 3 is 2.45 bits per heavy atom. The van der Waals surface area contributed by atoms with Gasteiger partial charge in [-0.05, 0) is 29.2 Å². The van der Waals surface area contributed by atoms with Gasteiger partial charge in [-0.1, -0.05) is 38.1 Å². The molecule has 1 N–H and O–H groups in total. The molecule has 0 spiro atoms. The standard InChI is InChI=1S/C17H18N2O3/c1-12(2)14-4-3-5-15(11-14)18-17(20)10-13-6-8-16(9-7-13)19(21)22/h3-9,11-12H,10H2,1-2H3,(H,18,20). The summed E-state index contributed by atoms with van der Waals surface area (Å²) in [5.41, 5.74) is 2.68. The van der Waals surface area contributed by atoms with Crippen molar-refractivity contribution in [2.45, 2.75) is 26.2 Å². The monoisotopic (exact) mass is 298 g/mol. The molecule has 0 saturated carbocycles. The number of nitrogens with zero attached hydrogens (tertiary/aromatic N) is 1. The van der Waals surface area contributed by atoms with Crippen molar-refractivity contribution in [2.24, 2.45) is 0 Å². The molecular formula is C17H18N2O3. The molecule has 0 aliphatic rings. The maximum atomic E-state index is 12.0. The van der Waals surface area contributed by atoms with Crippen LogP contribution in [-0.2, 0) is 11.2 Å². The molecule has 1 amide bonds. The third kappa shape index (κ3) is 4.15. The van der Waals surface area contributed by atoms with Gasteiger partial charge in [-0.2, -0.15) is 0 Å². The van der Waals surface area contributed by atoms with Gasteiger partial charge in [0.25, 0.3) is 5.69 Å². The fourth-order valence-corrected chi connectivity index (χ4v) is 2.10. The predicted molar refractivity (Wildman–Crippen MR) is 86.0 cm³/mol. The van der Waals surface area contributed by atoms with E-state index in [2.05, 4.69) is 19.2 Å². The third-order valence-electron chi connectivity index (χ3n) is 3.35. The summed E-state index contributed by atoms with van der Waals surface area (Å²) in [5, 5.41) is 13.4. The van der Waals surface area contributed by atoms with E-state index in [0.717, 1.165) is 16.8 Å². The Kier molecular flexibility index (Phi) is 4.88. The first-order valence-corrected chi connectivity index (χ1v) is 7.09. The molecular weight excluding hydrogens is 280 g/mol. The van der Waals surface area contributed by atoms with Crippen LogP contribution in [0.5, 0.6) is 0 Å². The van der Waals surface area contributed by atoms with Crippen molar-refractivity contribution in [3.8, 4) is 0 Å². The second kappa shape index (κ2) is 6.85. The zero-order chi connectivity index (χ0) is 16.1. The highest BCUT2D eigenvalue weighted by Gasteiger charge is 2.08. The molecule has 0 aliphatic carbocycles. The van der Waals surface area contributed by atoms with Crippen molar-refractivity contribution in [2.75, 3.05) is 5.32 Å². The highest BCUT2D eigenvalue weighted by molar-refractivity contribution is 5.92. The van der Waals surface area contributed by atoms with Crippen molar-refractivity contribution >= 4 is 17.3 Å². The minimum absolute atomic E-state index is 0.0220. The molecule has 0 fully saturated rings. The van der Waals surface area contributed by atoms with E-state index in [0.29, 0.717) is 5.92 Å². The molecule has 114 valence electrons. The average Bonchev–Trinajstić information content (AvgIpc) is 2.47. The van der Waals surface area contributed by atoms with Crippen LogP contribution < -0.4 is 5.32 Å². The maximum Gasteiger partial charge on any atom is 0.269 e. The van der Waals surface area contributed by atoms with E-state index in [4.69, 9.17) is 0 Å². The minimum atomic E-state index is -0.457. The number of amides is 1. The lowest BCUT2D eigenvalue weighted by molar-refractivity contribution is -0.384. The highest BCUT2D eigenvalue weighted by Crippen LogP contribution is 2.19. The Morgan fingerprint density at radius 2 is 1.86 bits per heavy atom. The van der Waals surface area contributed by atoms with Gasteiger partial charge < -0.3 is 5.32 Å². The predicted octanol–water partition coefficient (Wildman–Crippen LogP) is 3.90. The van der Waals surface area contributed by atoms with Crippen LogP contribution in [0.1, 0.15) is 30.9 Å². The van der Waals surface area contributed by atoms with Gasteiger partial charge in [0.05, 0.1) is 11.3 Å². The van der Waals surface area contributed by atoms with Gasteiger partial charge in [-0.15, -0.1) is 0 Å².